The van der Waals surface area contributed by atoms with Gasteiger partial charge in [-0.1, -0.05) is 18.2 Å². The van der Waals surface area contributed by atoms with Gasteiger partial charge in [-0.15, -0.1) is 0 Å². The van der Waals surface area contributed by atoms with E-state index >= 15 is 0 Å². The molecule has 0 bridgehead atoms. The van der Waals surface area contributed by atoms with E-state index in [0.29, 0.717) is 5.56 Å². The Balaban J connectivity index is 2.60. The molecule has 2 aromatic carbocycles. The highest BCUT2D eigenvalue weighted by Crippen LogP contribution is 2.38. The van der Waals surface area contributed by atoms with Crippen LogP contribution in [0.4, 0.5) is 0 Å². The third-order valence-electron chi connectivity index (χ3n) is 2.91. The molecule has 0 spiro atoms. The number of aromatic hydroxyl groups is 3. The quantitative estimate of drug-likeness (QED) is 0.521. The monoisotopic (exact) mass is 230 g/mol. The molecule has 0 saturated heterocycles. The molecule has 0 aliphatic rings. The van der Waals surface area contributed by atoms with Gasteiger partial charge >= 0.3 is 0 Å². The molecule has 0 fully saturated rings. The first-order chi connectivity index (χ1) is 7.99. The first-order valence-corrected chi connectivity index (χ1v) is 5.31. The molecular weight excluding hydrogens is 216 g/mol. The smallest absolute Gasteiger partial charge is 0.161 e. The van der Waals surface area contributed by atoms with Crippen LogP contribution in [0.5, 0.6) is 17.2 Å². The molecule has 3 heteroatoms. The lowest BCUT2D eigenvalue weighted by atomic mass is 9.99. The van der Waals surface area contributed by atoms with Crippen LogP contribution in [-0.2, 0) is 0 Å². The van der Waals surface area contributed by atoms with Gasteiger partial charge in [0, 0.05) is 11.6 Å². The Bertz CT molecular complexity index is 574. The van der Waals surface area contributed by atoms with Crippen LogP contribution < -0.4 is 0 Å². The molecule has 0 heterocycles. The van der Waals surface area contributed by atoms with Crippen molar-refractivity contribution in [2.75, 3.05) is 0 Å². The zero-order chi connectivity index (χ0) is 12.6. The van der Waals surface area contributed by atoms with Gasteiger partial charge in [0.2, 0.25) is 0 Å². The molecule has 0 radical (unpaired) electrons. The first-order valence-electron chi connectivity index (χ1n) is 5.31. The summed E-state index contributed by atoms with van der Waals surface area (Å²) in [5, 5.41) is 28.5. The lowest BCUT2D eigenvalue weighted by molar-refractivity contribution is 0.397. The molecule has 17 heavy (non-hydrogen) atoms. The minimum Gasteiger partial charge on any atom is -0.507 e. The van der Waals surface area contributed by atoms with Gasteiger partial charge in [0.05, 0.1) is 0 Å². The van der Waals surface area contributed by atoms with E-state index in [1.54, 1.807) is 0 Å². The molecule has 0 aliphatic carbocycles. The topological polar surface area (TPSA) is 60.7 Å². The molecule has 0 atom stereocenters. The first kappa shape index (κ1) is 11.3. The van der Waals surface area contributed by atoms with Crippen LogP contribution in [0.1, 0.15) is 11.1 Å². The molecule has 88 valence electrons. The van der Waals surface area contributed by atoms with Crippen molar-refractivity contribution in [3.05, 3.63) is 41.5 Å². The molecule has 2 rings (SSSR count). The molecule has 0 amide bonds. The summed E-state index contributed by atoms with van der Waals surface area (Å²) in [5.41, 5.74) is 3.58. The molecule has 0 unspecified atom stereocenters. The third kappa shape index (κ3) is 2.04. The summed E-state index contributed by atoms with van der Waals surface area (Å²) in [6, 6.07) is 8.25. The highest BCUT2D eigenvalue weighted by molar-refractivity contribution is 5.74. The van der Waals surface area contributed by atoms with Crippen molar-refractivity contribution in [1.29, 1.82) is 0 Å². The average molecular weight is 230 g/mol. The van der Waals surface area contributed by atoms with Crippen LogP contribution >= 0.6 is 0 Å². The van der Waals surface area contributed by atoms with Gasteiger partial charge in [-0.05, 0) is 36.6 Å². The van der Waals surface area contributed by atoms with E-state index in [2.05, 4.69) is 0 Å². The summed E-state index contributed by atoms with van der Waals surface area (Å²) in [4.78, 5) is 0. The maximum absolute atomic E-state index is 9.76. The van der Waals surface area contributed by atoms with E-state index in [-0.39, 0.29) is 17.2 Å². The average Bonchev–Trinajstić information content (AvgIpc) is 2.27. The highest BCUT2D eigenvalue weighted by Gasteiger charge is 2.10. The lowest BCUT2D eigenvalue weighted by Gasteiger charge is -2.09. The van der Waals surface area contributed by atoms with Gasteiger partial charge < -0.3 is 15.3 Å². The number of hydrogen-bond acceptors (Lipinski definition) is 3. The van der Waals surface area contributed by atoms with Crippen LogP contribution in [-0.4, -0.2) is 15.3 Å². The van der Waals surface area contributed by atoms with E-state index in [1.807, 2.05) is 32.0 Å². The number of rotatable bonds is 1. The Morgan fingerprint density at radius 2 is 1.35 bits per heavy atom. The van der Waals surface area contributed by atoms with Crippen molar-refractivity contribution >= 4 is 0 Å². The SMILES string of the molecule is Cc1ccc(-c2cc(O)c(O)cc2O)cc1C. The maximum atomic E-state index is 9.76. The number of phenolic OH excluding ortho intramolecular Hbond substituents is 3. The summed E-state index contributed by atoms with van der Waals surface area (Å²) in [5.74, 6) is -0.616. The van der Waals surface area contributed by atoms with E-state index in [9.17, 15) is 15.3 Å². The standard InChI is InChI=1S/C14H14O3/c1-8-3-4-10(5-9(8)2)11-6-13(16)14(17)7-12(11)15/h3-7,15-17H,1-2H3. The summed E-state index contributed by atoms with van der Waals surface area (Å²) in [7, 11) is 0. The molecular formula is C14H14O3. The molecule has 2 aromatic rings. The van der Waals surface area contributed by atoms with E-state index in [1.165, 1.54) is 6.07 Å². The molecule has 3 nitrogen and oxygen atoms in total. The molecule has 0 aromatic heterocycles. The minimum atomic E-state index is -0.324. The Morgan fingerprint density at radius 1 is 0.706 bits per heavy atom. The van der Waals surface area contributed by atoms with Crippen LogP contribution in [0.15, 0.2) is 30.3 Å². The Morgan fingerprint density at radius 3 is 2.00 bits per heavy atom. The number of phenols is 3. The van der Waals surface area contributed by atoms with Crippen molar-refractivity contribution < 1.29 is 15.3 Å². The predicted molar refractivity (Wildman–Crippen MR) is 66.3 cm³/mol. The van der Waals surface area contributed by atoms with E-state index in [0.717, 1.165) is 22.8 Å². The van der Waals surface area contributed by atoms with Crippen molar-refractivity contribution in [1.82, 2.24) is 0 Å². The Hall–Kier alpha value is -2.16. The second-order valence-corrected chi connectivity index (χ2v) is 4.16. The fourth-order valence-electron chi connectivity index (χ4n) is 1.71. The Kier molecular flexibility index (Phi) is 2.68. The zero-order valence-electron chi connectivity index (χ0n) is 9.73. The predicted octanol–water partition coefficient (Wildman–Crippen LogP) is 3.09. The van der Waals surface area contributed by atoms with Crippen LogP contribution in [0.2, 0.25) is 0 Å². The maximum Gasteiger partial charge on any atom is 0.161 e. The summed E-state index contributed by atoms with van der Waals surface area (Å²) in [6.45, 7) is 3.99. The van der Waals surface area contributed by atoms with Crippen molar-refractivity contribution in [3.63, 3.8) is 0 Å². The van der Waals surface area contributed by atoms with Crippen molar-refractivity contribution in [2.45, 2.75) is 13.8 Å². The van der Waals surface area contributed by atoms with Gasteiger partial charge in [0.15, 0.2) is 11.5 Å². The van der Waals surface area contributed by atoms with Gasteiger partial charge in [-0.3, -0.25) is 0 Å². The van der Waals surface area contributed by atoms with E-state index in [4.69, 9.17) is 0 Å². The van der Waals surface area contributed by atoms with Crippen LogP contribution in [0.3, 0.4) is 0 Å². The summed E-state index contributed by atoms with van der Waals surface area (Å²) < 4.78 is 0. The number of benzene rings is 2. The van der Waals surface area contributed by atoms with Gasteiger partial charge in [0.1, 0.15) is 5.75 Å². The van der Waals surface area contributed by atoms with Crippen LogP contribution in [0, 0.1) is 13.8 Å². The fourth-order valence-corrected chi connectivity index (χ4v) is 1.71. The molecule has 0 aliphatic heterocycles. The molecule has 0 saturated carbocycles. The summed E-state index contributed by atoms with van der Waals surface area (Å²) >= 11 is 0. The fraction of sp³-hybridized carbons (Fsp3) is 0.143. The second-order valence-electron chi connectivity index (χ2n) is 4.16. The van der Waals surface area contributed by atoms with Gasteiger partial charge in [-0.2, -0.15) is 0 Å². The minimum absolute atomic E-state index is 0.0523. The largest absolute Gasteiger partial charge is 0.507 e. The van der Waals surface area contributed by atoms with Crippen LogP contribution in [0.25, 0.3) is 11.1 Å². The second kappa shape index (κ2) is 4.01. The lowest BCUT2D eigenvalue weighted by Crippen LogP contribution is -1.84. The zero-order valence-corrected chi connectivity index (χ0v) is 9.73. The van der Waals surface area contributed by atoms with Gasteiger partial charge in [0.25, 0.3) is 0 Å². The van der Waals surface area contributed by atoms with Crippen molar-refractivity contribution in [2.24, 2.45) is 0 Å². The third-order valence-corrected chi connectivity index (χ3v) is 2.91. The Labute approximate surface area is 99.6 Å². The number of aryl methyl sites for hydroxylation is 2. The van der Waals surface area contributed by atoms with Crippen molar-refractivity contribution in [3.8, 4) is 28.4 Å². The van der Waals surface area contributed by atoms with E-state index < -0.39 is 0 Å². The summed E-state index contributed by atoms with van der Waals surface area (Å²) in [6.07, 6.45) is 0. The molecule has 3 N–H and O–H groups in total. The highest BCUT2D eigenvalue weighted by atomic mass is 16.3. The van der Waals surface area contributed by atoms with Gasteiger partial charge in [-0.25, -0.2) is 0 Å². The normalized spacial score (nSPS) is 10.5. The number of hydrogen-bond donors (Lipinski definition) is 3.